The van der Waals surface area contributed by atoms with Gasteiger partial charge in [-0.1, -0.05) is 80.3 Å². The fourth-order valence-corrected chi connectivity index (χ4v) is 5.14. The molecule has 3 aromatic rings. The van der Waals surface area contributed by atoms with Gasteiger partial charge in [-0.25, -0.2) is 4.39 Å². The van der Waals surface area contributed by atoms with Gasteiger partial charge in [0.05, 0.1) is 0 Å². The smallest absolute Gasteiger partial charge is 0.134 e. The summed E-state index contributed by atoms with van der Waals surface area (Å²) in [6, 6.07) is 18.3. The molecule has 0 aliphatic heterocycles. The summed E-state index contributed by atoms with van der Waals surface area (Å²) in [4.78, 5) is 0. The van der Waals surface area contributed by atoms with Crippen LogP contribution >= 0.6 is 11.6 Å². The molecule has 1 aliphatic rings. The standard InChI is InChI=1S/C28H32ClF/c1-2-3-4-20-5-10-22(11-6-20)24-15-18-27-25(19-24)14-13-23(28(27)30)12-7-21-8-16-26(29)17-9-21/h8-9,13-20,22H,2-7,10-12H2,1H3. The molecule has 0 unspecified atom stereocenters. The van der Waals surface area contributed by atoms with Crippen molar-refractivity contribution in [3.8, 4) is 0 Å². The Balaban J connectivity index is 1.44. The lowest BCUT2D eigenvalue weighted by atomic mass is 9.77. The van der Waals surface area contributed by atoms with Crippen molar-refractivity contribution in [3.05, 3.63) is 82.1 Å². The van der Waals surface area contributed by atoms with Gasteiger partial charge in [0, 0.05) is 10.4 Å². The number of halogens is 2. The Kier molecular flexibility index (Phi) is 7.10. The Hall–Kier alpha value is -1.86. The predicted molar refractivity (Wildman–Crippen MR) is 127 cm³/mol. The molecule has 1 fully saturated rings. The lowest BCUT2D eigenvalue weighted by molar-refractivity contribution is 0.304. The second-order valence-corrected chi connectivity index (χ2v) is 9.44. The number of aryl methyl sites for hydroxylation is 2. The highest BCUT2D eigenvalue weighted by Gasteiger charge is 2.22. The molecule has 0 nitrogen and oxygen atoms in total. The maximum atomic E-state index is 15.2. The van der Waals surface area contributed by atoms with Crippen LogP contribution in [0, 0.1) is 11.7 Å². The second kappa shape index (κ2) is 9.96. The summed E-state index contributed by atoms with van der Waals surface area (Å²) >= 11 is 5.96. The van der Waals surface area contributed by atoms with Crippen LogP contribution in [0.3, 0.4) is 0 Å². The Labute approximate surface area is 185 Å². The van der Waals surface area contributed by atoms with Gasteiger partial charge in [-0.3, -0.25) is 0 Å². The van der Waals surface area contributed by atoms with Gasteiger partial charge in [0.2, 0.25) is 0 Å². The molecule has 0 amide bonds. The first-order valence-electron chi connectivity index (χ1n) is 11.6. The van der Waals surface area contributed by atoms with Crippen LogP contribution in [0.5, 0.6) is 0 Å². The van der Waals surface area contributed by atoms with Gasteiger partial charge in [0.1, 0.15) is 5.82 Å². The van der Waals surface area contributed by atoms with Crippen LogP contribution in [0.25, 0.3) is 10.8 Å². The molecule has 2 heteroatoms. The molecule has 3 aromatic carbocycles. The molecule has 158 valence electrons. The van der Waals surface area contributed by atoms with Crippen molar-refractivity contribution in [3.63, 3.8) is 0 Å². The number of hydrogen-bond acceptors (Lipinski definition) is 0. The number of fused-ring (bicyclic) bond motifs is 1. The van der Waals surface area contributed by atoms with E-state index in [2.05, 4.69) is 25.1 Å². The first kappa shape index (κ1) is 21.4. The predicted octanol–water partition coefficient (Wildman–Crippen LogP) is 8.88. The van der Waals surface area contributed by atoms with Crippen molar-refractivity contribution < 1.29 is 4.39 Å². The van der Waals surface area contributed by atoms with E-state index >= 15 is 4.39 Å². The molecule has 0 spiro atoms. The van der Waals surface area contributed by atoms with Crippen molar-refractivity contribution in [1.29, 1.82) is 0 Å². The van der Waals surface area contributed by atoms with Crippen LogP contribution in [-0.4, -0.2) is 0 Å². The highest BCUT2D eigenvalue weighted by Crippen LogP contribution is 2.38. The van der Waals surface area contributed by atoms with Crippen molar-refractivity contribution in [2.45, 2.75) is 70.6 Å². The Morgan fingerprint density at radius 2 is 1.67 bits per heavy atom. The molecule has 0 saturated heterocycles. The SMILES string of the molecule is CCCCC1CCC(c2ccc3c(F)c(CCc4ccc(Cl)cc4)ccc3c2)CC1. The third-order valence-electron chi connectivity index (χ3n) is 6.94. The minimum absolute atomic E-state index is 0.0590. The van der Waals surface area contributed by atoms with Crippen LogP contribution in [0.15, 0.2) is 54.6 Å². The molecular formula is C28H32ClF. The largest absolute Gasteiger partial charge is 0.206 e. The van der Waals surface area contributed by atoms with Crippen molar-refractivity contribution in [2.75, 3.05) is 0 Å². The molecule has 0 radical (unpaired) electrons. The first-order chi connectivity index (χ1) is 14.6. The third kappa shape index (κ3) is 5.06. The number of unbranched alkanes of at least 4 members (excludes halogenated alkanes) is 1. The second-order valence-electron chi connectivity index (χ2n) is 9.01. The average Bonchev–Trinajstić information content (AvgIpc) is 2.78. The van der Waals surface area contributed by atoms with Crippen LogP contribution in [0.2, 0.25) is 5.02 Å². The Morgan fingerprint density at radius 3 is 2.40 bits per heavy atom. The van der Waals surface area contributed by atoms with Gasteiger partial charge in [-0.05, 0) is 84.6 Å². The topological polar surface area (TPSA) is 0 Å². The van der Waals surface area contributed by atoms with Gasteiger partial charge >= 0.3 is 0 Å². The minimum Gasteiger partial charge on any atom is -0.206 e. The number of rotatable bonds is 7. The van der Waals surface area contributed by atoms with Gasteiger partial charge in [0.15, 0.2) is 0 Å². The van der Waals surface area contributed by atoms with Gasteiger partial charge in [0.25, 0.3) is 0 Å². The first-order valence-corrected chi connectivity index (χ1v) is 12.0. The van der Waals surface area contributed by atoms with E-state index in [-0.39, 0.29) is 5.82 Å². The van der Waals surface area contributed by atoms with Crippen molar-refractivity contribution >= 4 is 22.4 Å². The van der Waals surface area contributed by atoms with E-state index in [0.29, 0.717) is 12.3 Å². The lowest BCUT2D eigenvalue weighted by Gasteiger charge is -2.29. The molecule has 0 N–H and O–H groups in total. The number of benzene rings is 3. The highest BCUT2D eigenvalue weighted by molar-refractivity contribution is 6.30. The molecule has 4 rings (SSSR count). The van der Waals surface area contributed by atoms with E-state index < -0.39 is 0 Å². The fourth-order valence-electron chi connectivity index (χ4n) is 5.01. The molecule has 1 aliphatic carbocycles. The van der Waals surface area contributed by atoms with Gasteiger partial charge in [-0.15, -0.1) is 0 Å². The zero-order valence-corrected chi connectivity index (χ0v) is 18.7. The van der Waals surface area contributed by atoms with Crippen molar-refractivity contribution in [2.24, 2.45) is 5.92 Å². The van der Waals surface area contributed by atoms with E-state index in [1.54, 1.807) is 0 Å². The minimum atomic E-state index is -0.0590. The Morgan fingerprint density at radius 1 is 0.900 bits per heavy atom. The van der Waals surface area contributed by atoms with Crippen LogP contribution in [-0.2, 0) is 12.8 Å². The normalized spacial score (nSPS) is 19.3. The fraction of sp³-hybridized carbons (Fsp3) is 0.429. The Bertz CT molecular complexity index is 968. The van der Waals surface area contributed by atoms with E-state index in [1.165, 1.54) is 56.1 Å². The van der Waals surface area contributed by atoms with Gasteiger partial charge < -0.3 is 0 Å². The zero-order valence-electron chi connectivity index (χ0n) is 18.0. The van der Waals surface area contributed by atoms with Crippen LogP contribution in [0.1, 0.15) is 74.5 Å². The van der Waals surface area contributed by atoms with E-state index in [4.69, 9.17) is 11.6 Å². The quantitative estimate of drug-likeness (QED) is 0.356. The summed E-state index contributed by atoms with van der Waals surface area (Å²) < 4.78 is 15.2. The van der Waals surface area contributed by atoms with Gasteiger partial charge in [-0.2, -0.15) is 0 Å². The monoisotopic (exact) mass is 422 g/mol. The third-order valence-corrected chi connectivity index (χ3v) is 7.19. The van der Waals surface area contributed by atoms with E-state index in [0.717, 1.165) is 33.7 Å². The molecule has 30 heavy (non-hydrogen) atoms. The van der Waals surface area contributed by atoms with E-state index in [1.807, 2.05) is 36.4 Å². The molecule has 1 saturated carbocycles. The maximum Gasteiger partial charge on any atom is 0.134 e. The average molecular weight is 423 g/mol. The molecule has 0 bridgehead atoms. The zero-order chi connectivity index (χ0) is 20.9. The number of hydrogen-bond donors (Lipinski definition) is 0. The van der Waals surface area contributed by atoms with Crippen LogP contribution in [0.4, 0.5) is 4.39 Å². The summed E-state index contributed by atoms with van der Waals surface area (Å²) in [5.74, 6) is 1.50. The highest BCUT2D eigenvalue weighted by atomic mass is 35.5. The van der Waals surface area contributed by atoms with E-state index in [9.17, 15) is 0 Å². The van der Waals surface area contributed by atoms with Crippen LogP contribution < -0.4 is 0 Å². The maximum absolute atomic E-state index is 15.2. The summed E-state index contributed by atoms with van der Waals surface area (Å²) in [7, 11) is 0. The summed E-state index contributed by atoms with van der Waals surface area (Å²) in [5.41, 5.74) is 3.37. The molecular weight excluding hydrogens is 391 g/mol. The summed E-state index contributed by atoms with van der Waals surface area (Å²) in [6.45, 7) is 2.28. The summed E-state index contributed by atoms with van der Waals surface area (Å²) in [5, 5.41) is 2.53. The van der Waals surface area contributed by atoms with Crippen molar-refractivity contribution in [1.82, 2.24) is 0 Å². The molecule has 0 aromatic heterocycles. The molecule has 0 heterocycles. The summed E-state index contributed by atoms with van der Waals surface area (Å²) in [6.07, 6.45) is 10.8. The lowest BCUT2D eigenvalue weighted by Crippen LogP contribution is -2.13. The molecule has 0 atom stereocenters.